The Morgan fingerprint density at radius 2 is 1.95 bits per heavy atom. The molecule has 6 heteroatoms. The molecule has 0 bridgehead atoms. The number of sulfone groups is 1. The summed E-state index contributed by atoms with van der Waals surface area (Å²) in [5.41, 5.74) is 0.419. The first-order chi connectivity index (χ1) is 9.71. The molecule has 21 heavy (non-hydrogen) atoms. The highest BCUT2D eigenvalue weighted by Crippen LogP contribution is 2.44. The molecule has 1 aromatic rings. The number of likely N-dealkylation sites (tertiary alicyclic amines) is 1. The molecular formula is C15H19NO4S. The zero-order chi connectivity index (χ0) is 15.4. The smallest absolute Gasteiger partial charge is 0.254 e. The SMILES string of the molecule is Cc1ccc(S(C)(=O)=O)cc1C(=O)N1CC(O)(C2CC2)C1. The van der Waals surface area contributed by atoms with E-state index in [0.29, 0.717) is 24.6 Å². The summed E-state index contributed by atoms with van der Waals surface area (Å²) < 4.78 is 23.2. The first kappa shape index (κ1) is 14.5. The molecule has 1 amide bonds. The lowest BCUT2D eigenvalue weighted by molar-refractivity contribution is -0.0958. The second-order valence-corrected chi connectivity index (χ2v) is 8.30. The highest BCUT2D eigenvalue weighted by molar-refractivity contribution is 7.90. The molecule has 114 valence electrons. The third-order valence-electron chi connectivity index (χ3n) is 4.42. The minimum Gasteiger partial charge on any atom is -0.386 e. The summed E-state index contributed by atoms with van der Waals surface area (Å²) in [6.07, 6.45) is 3.18. The zero-order valence-electron chi connectivity index (χ0n) is 12.2. The second-order valence-electron chi connectivity index (χ2n) is 6.29. The molecule has 1 heterocycles. The van der Waals surface area contributed by atoms with Crippen LogP contribution in [0.25, 0.3) is 0 Å². The molecule has 1 saturated heterocycles. The molecule has 2 fully saturated rings. The molecule has 0 atom stereocenters. The van der Waals surface area contributed by atoms with Crippen molar-refractivity contribution in [2.45, 2.75) is 30.3 Å². The van der Waals surface area contributed by atoms with Gasteiger partial charge in [-0.15, -0.1) is 0 Å². The average molecular weight is 309 g/mol. The van der Waals surface area contributed by atoms with Crippen molar-refractivity contribution in [1.82, 2.24) is 4.90 Å². The zero-order valence-corrected chi connectivity index (χ0v) is 13.0. The summed E-state index contributed by atoms with van der Waals surface area (Å²) in [6, 6.07) is 4.59. The molecule has 0 spiro atoms. The highest BCUT2D eigenvalue weighted by atomic mass is 32.2. The molecule has 1 aromatic carbocycles. The van der Waals surface area contributed by atoms with Gasteiger partial charge in [0, 0.05) is 11.8 Å². The summed E-state index contributed by atoms with van der Waals surface area (Å²) in [6.45, 7) is 2.48. The van der Waals surface area contributed by atoms with E-state index in [9.17, 15) is 18.3 Å². The van der Waals surface area contributed by atoms with Gasteiger partial charge in [0.25, 0.3) is 5.91 Å². The normalized spacial score (nSPS) is 21.0. The number of hydrogen-bond acceptors (Lipinski definition) is 4. The van der Waals surface area contributed by atoms with Crippen LogP contribution in [-0.2, 0) is 9.84 Å². The van der Waals surface area contributed by atoms with Crippen LogP contribution < -0.4 is 0 Å². The fraction of sp³-hybridized carbons (Fsp3) is 0.533. The van der Waals surface area contributed by atoms with E-state index in [-0.39, 0.29) is 10.8 Å². The van der Waals surface area contributed by atoms with E-state index in [1.807, 2.05) is 0 Å². The standard InChI is InChI=1S/C15H19NO4S/c1-10-3-6-12(21(2,19)20)7-13(10)14(17)16-8-15(18,9-16)11-4-5-11/h3,6-7,11,18H,4-5,8-9H2,1-2H3. The van der Waals surface area contributed by atoms with Crippen LogP contribution in [0.3, 0.4) is 0 Å². The third-order valence-corrected chi connectivity index (χ3v) is 5.53. The lowest BCUT2D eigenvalue weighted by atomic mass is 9.88. The Bertz CT molecular complexity index is 700. The van der Waals surface area contributed by atoms with E-state index in [4.69, 9.17) is 0 Å². The maximum atomic E-state index is 12.5. The number of β-amino-alcohol motifs (C(OH)–C–C–N with tert-alkyl or cyclic N) is 1. The van der Waals surface area contributed by atoms with Gasteiger partial charge in [0.1, 0.15) is 5.60 Å². The summed E-state index contributed by atoms with van der Waals surface area (Å²) in [5.74, 6) is 0.119. The predicted octanol–water partition coefficient (Wildman–Crippen LogP) is 0.995. The van der Waals surface area contributed by atoms with E-state index < -0.39 is 15.4 Å². The van der Waals surface area contributed by atoms with Gasteiger partial charge in [-0.25, -0.2) is 8.42 Å². The first-order valence-corrected chi connectivity index (χ1v) is 8.92. The fourth-order valence-corrected chi connectivity index (χ4v) is 3.52. The molecule has 3 rings (SSSR count). The molecule has 0 aromatic heterocycles. The fourth-order valence-electron chi connectivity index (χ4n) is 2.87. The summed E-state index contributed by atoms with van der Waals surface area (Å²) in [4.78, 5) is 14.2. The number of carbonyl (C=O) groups is 1. The lowest BCUT2D eigenvalue weighted by Gasteiger charge is -2.47. The van der Waals surface area contributed by atoms with Gasteiger partial charge >= 0.3 is 0 Å². The lowest BCUT2D eigenvalue weighted by Crippen LogP contribution is -2.64. The molecule has 1 aliphatic heterocycles. The van der Waals surface area contributed by atoms with Gasteiger partial charge in [-0.2, -0.15) is 0 Å². The Hall–Kier alpha value is -1.40. The number of aliphatic hydroxyl groups is 1. The van der Waals surface area contributed by atoms with Crippen molar-refractivity contribution in [2.75, 3.05) is 19.3 Å². The Balaban J connectivity index is 1.82. The maximum absolute atomic E-state index is 12.5. The first-order valence-electron chi connectivity index (χ1n) is 7.03. The van der Waals surface area contributed by atoms with Crippen LogP contribution >= 0.6 is 0 Å². The Kier molecular flexibility index (Phi) is 3.15. The van der Waals surface area contributed by atoms with Gasteiger partial charge in [-0.05, 0) is 43.4 Å². The summed E-state index contributed by atoms with van der Waals surface area (Å²) >= 11 is 0. The van der Waals surface area contributed by atoms with E-state index in [1.165, 1.54) is 12.1 Å². The minimum atomic E-state index is -3.34. The van der Waals surface area contributed by atoms with Crippen LogP contribution in [0.5, 0.6) is 0 Å². The van der Waals surface area contributed by atoms with Crippen molar-refractivity contribution in [3.05, 3.63) is 29.3 Å². The topological polar surface area (TPSA) is 74.7 Å². The Morgan fingerprint density at radius 3 is 2.48 bits per heavy atom. The van der Waals surface area contributed by atoms with Crippen molar-refractivity contribution in [1.29, 1.82) is 0 Å². The van der Waals surface area contributed by atoms with Crippen LogP contribution in [0.4, 0.5) is 0 Å². The van der Waals surface area contributed by atoms with Gasteiger partial charge in [0.05, 0.1) is 18.0 Å². The summed E-state index contributed by atoms with van der Waals surface area (Å²) in [5, 5.41) is 10.3. The van der Waals surface area contributed by atoms with E-state index >= 15 is 0 Å². The van der Waals surface area contributed by atoms with Crippen LogP contribution in [0, 0.1) is 12.8 Å². The Labute approximate surface area is 124 Å². The quantitative estimate of drug-likeness (QED) is 0.904. The number of nitrogens with zero attached hydrogens (tertiary/aromatic N) is 1. The number of amides is 1. The number of aryl methyl sites for hydroxylation is 1. The molecule has 1 N–H and O–H groups in total. The van der Waals surface area contributed by atoms with Crippen molar-refractivity contribution in [3.8, 4) is 0 Å². The molecule has 0 unspecified atom stereocenters. The van der Waals surface area contributed by atoms with Crippen molar-refractivity contribution in [3.63, 3.8) is 0 Å². The van der Waals surface area contributed by atoms with Gasteiger partial charge in [0.15, 0.2) is 9.84 Å². The number of benzene rings is 1. The molecule has 2 aliphatic rings. The Morgan fingerprint density at radius 1 is 1.33 bits per heavy atom. The predicted molar refractivity (Wildman–Crippen MR) is 77.9 cm³/mol. The second kappa shape index (κ2) is 4.55. The van der Waals surface area contributed by atoms with E-state index in [1.54, 1.807) is 17.9 Å². The molecule has 1 saturated carbocycles. The summed E-state index contributed by atoms with van der Waals surface area (Å²) in [7, 11) is -3.34. The minimum absolute atomic E-state index is 0.148. The molecule has 0 radical (unpaired) electrons. The number of rotatable bonds is 3. The van der Waals surface area contributed by atoms with Crippen LogP contribution in [-0.4, -0.2) is 49.3 Å². The van der Waals surface area contributed by atoms with Gasteiger partial charge in [0.2, 0.25) is 0 Å². The van der Waals surface area contributed by atoms with Crippen molar-refractivity contribution >= 4 is 15.7 Å². The van der Waals surface area contributed by atoms with E-state index in [2.05, 4.69) is 0 Å². The van der Waals surface area contributed by atoms with Crippen molar-refractivity contribution < 1.29 is 18.3 Å². The molecule has 1 aliphatic carbocycles. The van der Waals surface area contributed by atoms with Gasteiger partial charge in [-0.3, -0.25) is 4.79 Å². The maximum Gasteiger partial charge on any atom is 0.254 e. The number of hydrogen-bond donors (Lipinski definition) is 1. The van der Waals surface area contributed by atoms with E-state index in [0.717, 1.165) is 24.7 Å². The highest BCUT2D eigenvalue weighted by Gasteiger charge is 2.53. The van der Waals surface area contributed by atoms with Crippen LogP contribution in [0.1, 0.15) is 28.8 Å². The van der Waals surface area contributed by atoms with Gasteiger partial charge < -0.3 is 10.0 Å². The largest absolute Gasteiger partial charge is 0.386 e. The van der Waals surface area contributed by atoms with Crippen molar-refractivity contribution in [2.24, 2.45) is 5.92 Å². The molecule has 5 nitrogen and oxygen atoms in total. The number of carbonyl (C=O) groups excluding carboxylic acids is 1. The third kappa shape index (κ3) is 2.58. The van der Waals surface area contributed by atoms with Crippen LogP contribution in [0.2, 0.25) is 0 Å². The van der Waals surface area contributed by atoms with Crippen LogP contribution in [0.15, 0.2) is 23.1 Å². The molecular weight excluding hydrogens is 290 g/mol. The monoisotopic (exact) mass is 309 g/mol. The average Bonchev–Trinajstić information content (AvgIpc) is 3.17. The van der Waals surface area contributed by atoms with Gasteiger partial charge in [-0.1, -0.05) is 6.07 Å².